The van der Waals surface area contributed by atoms with Crippen molar-refractivity contribution in [1.82, 2.24) is 25.1 Å². The van der Waals surface area contributed by atoms with Crippen molar-refractivity contribution in [3.8, 4) is 0 Å². The van der Waals surface area contributed by atoms with Gasteiger partial charge >= 0.3 is 24.1 Å². The van der Waals surface area contributed by atoms with Crippen LogP contribution >= 0.6 is 23.1 Å². The summed E-state index contributed by atoms with van der Waals surface area (Å²) in [6, 6.07) is 16.3. The molecule has 3 saturated heterocycles. The van der Waals surface area contributed by atoms with Gasteiger partial charge in [0.15, 0.2) is 16.9 Å². The lowest BCUT2D eigenvalue weighted by molar-refractivity contribution is -0.161. The number of thioether (sulfide) groups is 1. The quantitative estimate of drug-likeness (QED) is 0.0486. The van der Waals surface area contributed by atoms with Crippen molar-refractivity contribution in [1.29, 1.82) is 0 Å². The highest BCUT2D eigenvalue weighted by Crippen LogP contribution is 2.49. The van der Waals surface area contributed by atoms with Crippen LogP contribution in [0.2, 0.25) is 0 Å². The fourth-order valence-electron chi connectivity index (χ4n) is 6.12. The Morgan fingerprint density at radius 1 is 1.05 bits per heavy atom. The van der Waals surface area contributed by atoms with Gasteiger partial charge in [-0.3, -0.25) is 24.8 Å². The van der Waals surface area contributed by atoms with Crippen molar-refractivity contribution in [3.63, 3.8) is 0 Å². The molecule has 6 rings (SSSR count). The van der Waals surface area contributed by atoms with E-state index in [2.05, 4.69) is 20.8 Å². The predicted octanol–water partition coefficient (Wildman–Crippen LogP) is 3.11. The Kier molecular flexibility index (Phi) is 11.5. The number of carbonyl (C=O) groups is 6. The van der Waals surface area contributed by atoms with E-state index in [0.717, 1.165) is 33.0 Å². The van der Waals surface area contributed by atoms with E-state index >= 15 is 0 Å². The Morgan fingerprint density at radius 3 is 2.25 bits per heavy atom. The molecular weight excluding hydrogens is 769 g/mol. The molecule has 1 aromatic heterocycles. The predicted molar refractivity (Wildman–Crippen MR) is 203 cm³/mol. The van der Waals surface area contributed by atoms with Gasteiger partial charge in [-0.05, 0) is 38.3 Å². The second kappa shape index (κ2) is 16.2. The number of carboxylic acid groups (broad SMARTS) is 1. The Hall–Kier alpha value is -5.73. The second-order valence-corrected chi connectivity index (χ2v) is 16.1. The third kappa shape index (κ3) is 8.26. The highest BCUT2D eigenvalue weighted by atomic mass is 32.2. The Bertz CT molecular complexity index is 1990. The number of urea groups is 1. The smallest absolute Gasteiger partial charge is 0.413 e. The average Bonchev–Trinajstić information content (AvgIpc) is 3.87. The summed E-state index contributed by atoms with van der Waals surface area (Å²) in [4.78, 5) is 89.3. The van der Waals surface area contributed by atoms with Gasteiger partial charge in [0.2, 0.25) is 16.9 Å². The molecule has 18 nitrogen and oxygen atoms in total. The monoisotopic (exact) mass is 808 g/mol. The summed E-state index contributed by atoms with van der Waals surface area (Å²) in [6.45, 7) is 6.51. The van der Waals surface area contributed by atoms with Crippen LogP contribution in [0.25, 0.3) is 0 Å². The van der Waals surface area contributed by atoms with E-state index in [4.69, 9.17) is 20.2 Å². The number of oxime groups is 1. The molecule has 5 N–H and O–H groups in total. The van der Waals surface area contributed by atoms with E-state index in [-0.39, 0.29) is 36.9 Å². The number of rotatable bonds is 13. The van der Waals surface area contributed by atoms with Crippen LogP contribution in [-0.2, 0) is 33.5 Å². The molecule has 4 atom stereocenters. The van der Waals surface area contributed by atoms with Crippen LogP contribution in [-0.4, -0.2) is 114 Å². The van der Waals surface area contributed by atoms with Crippen LogP contribution in [0.3, 0.4) is 0 Å². The van der Waals surface area contributed by atoms with Crippen LogP contribution in [0.15, 0.2) is 71.2 Å². The maximum Gasteiger partial charge on any atom is 0.413 e. The fourth-order valence-corrected chi connectivity index (χ4v) is 8.44. The zero-order valence-electron chi connectivity index (χ0n) is 30.7. The number of hydrazine groups is 1. The molecule has 3 fully saturated rings. The zero-order valence-corrected chi connectivity index (χ0v) is 32.4. The number of esters is 1. The van der Waals surface area contributed by atoms with Gasteiger partial charge < -0.3 is 29.6 Å². The van der Waals surface area contributed by atoms with Gasteiger partial charge in [0.1, 0.15) is 22.7 Å². The molecule has 0 spiro atoms. The van der Waals surface area contributed by atoms with Crippen LogP contribution in [0, 0.1) is 0 Å². The van der Waals surface area contributed by atoms with Crippen molar-refractivity contribution < 1.29 is 48.2 Å². The third-order valence-corrected chi connectivity index (χ3v) is 11.3. The minimum absolute atomic E-state index is 0.0243. The summed E-state index contributed by atoms with van der Waals surface area (Å²) in [6.07, 6.45) is -2.80. The number of carboxylic acids is 1. The van der Waals surface area contributed by atoms with E-state index in [0.29, 0.717) is 11.1 Å². The molecule has 4 heterocycles. The van der Waals surface area contributed by atoms with E-state index < -0.39 is 75.7 Å². The Morgan fingerprint density at radius 2 is 1.70 bits per heavy atom. The standard InChI is InChI=1S/C36H40N8O10S2/c1-5-23(30(47)52-26(20-12-8-6-9-13-20)21-14-10-7-11-15-21)54-41-24(22-18-55-32(38-22)40-33(50)53-35(2,3)4)27(45)39-25-28(46)42-19-36(31(48)49,56-29(25)42)43-16-17-44(37)34(43)51/h6-15,18,23,25-26,29H,5,16-17,19,37H2,1-4H3,(H,39,45)(H,48,49)(H,38,40,50)/b41-24-/t23?,25-,29-,36-/m1/s1. The first-order valence-corrected chi connectivity index (χ1v) is 19.2. The number of thiazole rings is 1. The number of benzene rings is 2. The lowest BCUT2D eigenvalue weighted by Crippen LogP contribution is -2.68. The maximum atomic E-state index is 14.0. The summed E-state index contributed by atoms with van der Waals surface area (Å²) in [7, 11) is 0. The number of hydrogen-bond donors (Lipinski definition) is 4. The van der Waals surface area contributed by atoms with E-state index in [1.54, 1.807) is 27.7 Å². The first-order valence-electron chi connectivity index (χ1n) is 17.5. The van der Waals surface area contributed by atoms with Crippen molar-refractivity contribution in [2.45, 2.75) is 68.2 Å². The van der Waals surface area contributed by atoms with E-state index in [9.17, 15) is 33.9 Å². The largest absolute Gasteiger partial charge is 0.479 e. The van der Waals surface area contributed by atoms with E-state index in [1.807, 2.05) is 60.7 Å². The van der Waals surface area contributed by atoms with Crippen molar-refractivity contribution >= 4 is 69.8 Å². The highest BCUT2D eigenvalue weighted by molar-refractivity contribution is 8.02. The number of amides is 5. The second-order valence-electron chi connectivity index (χ2n) is 13.9. The molecule has 0 bridgehead atoms. The molecule has 3 aliphatic heterocycles. The number of ether oxygens (including phenoxy) is 2. The summed E-state index contributed by atoms with van der Waals surface area (Å²) >= 11 is 1.77. The Balaban J connectivity index is 1.24. The van der Waals surface area contributed by atoms with Gasteiger partial charge in [0, 0.05) is 11.9 Å². The first-order chi connectivity index (χ1) is 26.6. The molecule has 3 aromatic rings. The first kappa shape index (κ1) is 39.9. The topological polar surface area (TPSA) is 235 Å². The minimum atomic E-state index is -1.84. The molecule has 0 saturated carbocycles. The number of aliphatic carboxylic acids is 1. The molecule has 56 heavy (non-hydrogen) atoms. The number of fused-ring (bicyclic) bond motifs is 1. The summed E-state index contributed by atoms with van der Waals surface area (Å²) in [5.74, 6) is 2.05. The zero-order chi connectivity index (χ0) is 40.4. The number of β-lactam (4-membered cyclic amide) rings is 1. The molecule has 1 unspecified atom stereocenters. The molecule has 20 heteroatoms. The van der Waals surface area contributed by atoms with Gasteiger partial charge in [0.05, 0.1) is 13.1 Å². The molecule has 0 radical (unpaired) electrons. The number of anilines is 1. The number of aromatic nitrogens is 1. The van der Waals surface area contributed by atoms with Crippen LogP contribution in [0.4, 0.5) is 14.7 Å². The van der Waals surface area contributed by atoms with Gasteiger partial charge in [-0.2, -0.15) is 0 Å². The highest BCUT2D eigenvalue weighted by Gasteiger charge is 2.66. The van der Waals surface area contributed by atoms with Gasteiger partial charge in [-0.25, -0.2) is 30.0 Å². The fraction of sp³-hybridized carbons (Fsp3) is 0.389. The van der Waals surface area contributed by atoms with Gasteiger partial charge in [-0.1, -0.05) is 84.5 Å². The number of nitrogens with zero attached hydrogens (tertiary/aromatic N) is 5. The Labute approximate surface area is 329 Å². The van der Waals surface area contributed by atoms with E-state index in [1.165, 1.54) is 10.3 Å². The lowest BCUT2D eigenvalue weighted by atomic mass is 10.0. The average molecular weight is 809 g/mol. The van der Waals surface area contributed by atoms with Crippen LogP contribution in [0.5, 0.6) is 0 Å². The molecule has 5 amide bonds. The summed E-state index contributed by atoms with van der Waals surface area (Å²) < 4.78 is 11.3. The maximum absolute atomic E-state index is 14.0. The third-order valence-electron chi connectivity index (χ3n) is 8.85. The molecule has 0 aliphatic carbocycles. The minimum Gasteiger partial charge on any atom is -0.479 e. The molecule has 2 aromatic carbocycles. The molecule has 296 valence electrons. The van der Waals surface area contributed by atoms with Crippen LogP contribution in [0.1, 0.15) is 57.0 Å². The summed E-state index contributed by atoms with van der Waals surface area (Å²) in [5.41, 5.74) is 0.0764. The SMILES string of the molecule is CCC(O/N=C(\C(=O)N[C@@H]1C(=O)N2C[C@@](C(=O)O)(N3CCN(N)C3=O)S[C@H]12)c1csc(NC(=O)OC(C)(C)C)n1)C(=O)OC(c1ccccc1)c1ccccc1. The number of nitrogens with one attached hydrogen (secondary N) is 2. The van der Waals surface area contributed by atoms with Crippen LogP contribution < -0.4 is 16.5 Å². The lowest BCUT2D eigenvalue weighted by Gasteiger charge is -2.41. The van der Waals surface area contributed by atoms with Crippen molar-refractivity contribution in [3.05, 3.63) is 82.9 Å². The number of hydrogen-bond acceptors (Lipinski definition) is 14. The number of carbonyl (C=O) groups excluding carboxylic acids is 5. The van der Waals surface area contributed by atoms with Crippen molar-refractivity contribution in [2.75, 3.05) is 25.0 Å². The van der Waals surface area contributed by atoms with Gasteiger partial charge in [-0.15, -0.1) is 11.3 Å². The van der Waals surface area contributed by atoms with Gasteiger partial charge in [0.25, 0.3) is 5.91 Å². The molecule has 3 aliphatic rings. The number of nitrogens with two attached hydrogens (primary N) is 1. The normalized spacial score (nSPS) is 21.3. The molecular formula is C36H40N8O10S2. The van der Waals surface area contributed by atoms with Crippen molar-refractivity contribution in [2.24, 2.45) is 11.0 Å². The summed E-state index contributed by atoms with van der Waals surface area (Å²) in [5, 5.41) is 20.9.